The number of likely N-dealkylation sites (tertiary alicyclic amines) is 1. The average Bonchev–Trinajstić information content (AvgIpc) is 3.50. The molecule has 0 bridgehead atoms. The van der Waals surface area contributed by atoms with Gasteiger partial charge in [-0.15, -0.1) is 0 Å². The van der Waals surface area contributed by atoms with Gasteiger partial charge in [-0.25, -0.2) is 4.79 Å². The average molecular weight is 594 g/mol. The predicted octanol–water partition coefficient (Wildman–Crippen LogP) is 7.50. The summed E-state index contributed by atoms with van der Waals surface area (Å²) in [6.45, 7) is 4.27. The second kappa shape index (κ2) is 11.6. The molecule has 4 aromatic rings. The molecule has 8 heteroatoms. The summed E-state index contributed by atoms with van der Waals surface area (Å²) in [6, 6.07) is 29.8. The van der Waals surface area contributed by atoms with Crippen molar-refractivity contribution >= 4 is 40.7 Å². The summed E-state index contributed by atoms with van der Waals surface area (Å²) in [5.41, 5.74) is 1.33. The Hall–Kier alpha value is -4.62. The van der Waals surface area contributed by atoms with Crippen LogP contribution in [0.4, 0.5) is 16.2 Å². The second-order valence-electron chi connectivity index (χ2n) is 10.8. The minimum absolute atomic E-state index is 0.212. The molecule has 6 rings (SSSR count). The van der Waals surface area contributed by atoms with Gasteiger partial charge in [0.15, 0.2) is 11.3 Å². The Balaban J connectivity index is 1.60. The first-order valence-electron chi connectivity index (χ1n) is 14.5. The number of benzene rings is 4. The quantitative estimate of drug-likeness (QED) is 0.217. The molecule has 0 aromatic heterocycles. The van der Waals surface area contributed by atoms with Crippen LogP contribution >= 0.6 is 11.6 Å². The van der Waals surface area contributed by atoms with Crippen LogP contribution in [0.1, 0.15) is 47.7 Å². The minimum Gasteiger partial charge on any atom is -0.492 e. The fourth-order valence-electron chi connectivity index (χ4n) is 6.87. The monoisotopic (exact) mass is 593 g/mol. The largest absolute Gasteiger partial charge is 0.492 e. The van der Waals surface area contributed by atoms with Crippen molar-refractivity contribution in [2.75, 3.05) is 17.2 Å². The van der Waals surface area contributed by atoms with Gasteiger partial charge in [0.25, 0.3) is 5.91 Å². The highest BCUT2D eigenvalue weighted by Crippen LogP contribution is 2.59. The van der Waals surface area contributed by atoms with Crippen LogP contribution in [0.5, 0.6) is 5.75 Å². The number of nitrogens with zero attached hydrogens (tertiary/aromatic N) is 1. The van der Waals surface area contributed by atoms with E-state index < -0.39 is 35.4 Å². The van der Waals surface area contributed by atoms with Crippen molar-refractivity contribution in [1.29, 1.82) is 0 Å². The topological polar surface area (TPSA) is 87.7 Å². The lowest BCUT2D eigenvalue weighted by Crippen LogP contribution is -2.57. The number of carbonyl (C=O) groups is 3. The van der Waals surface area contributed by atoms with E-state index in [2.05, 4.69) is 10.6 Å². The van der Waals surface area contributed by atoms with E-state index in [-0.39, 0.29) is 5.78 Å². The van der Waals surface area contributed by atoms with Gasteiger partial charge >= 0.3 is 6.03 Å². The van der Waals surface area contributed by atoms with Gasteiger partial charge in [0.05, 0.1) is 18.2 Å². The van der Waals surface area contributed by atoms with E-state index in [0.29, 0.717) is 46.3 Å². The number of nitrogens with one attached hydrogen (secondary N) is 2. The number of carbonyl (C=O) groups excluding carboxylic acids is 3. The second-order valence-corrected chi connectivity index (χ2v) is 11.2. The summed E-state index contributed by atoms with van der Waals surface area (Å²) in [5, 5.41) is 6.61. The molecule has 0 saturated carbocycles. The number of amides is 3. The third-order valence-corrected chi connectivity index (χ3v) is 8.78. The summed E-state index contributed by atoms with van der Waals surface area (Å²) in [4.78, 5) is 45.5. The molecule has 1 spiro atoms. The van der Waals surface area contributed by atoms with Crippen LogP contribution in [-0.4, -0.2) is 35.3 Å². The van der Waals surface area contributed by atoms with Crippen LogP contribution in [0.3, 0.4) is 0 Å². The van der Waals surface area contributed by atoms with Crippen LogP contribution < -0.4 is 15.4 Å². The third kappa shape index (κ3) is 4.64. The summed E-state index contributed by atoms with van der Waals surface area (Å²) < 4.78 is 5.79. The fraction of sp³-hybridized carbons (Fsp3) is 0.229. The first-order chi connectivity index (χ1) is 20.9. The number of para-hydroxylation sites is 3. The number of halogens is 1. The first-order valence-corrected chi connectivity index (χ1v) is 14.9. The van der Waals surface area contributed by atoms with Crippen molar-refractivity contribution < 1.29 is 19.1 Å². The van der Waals surface area contributed by atoms with E-state index in [4.69, 9.17) is 16.3 Å². The molecule has 218 valence electrons. The van der Waals surface area contributed by atoms with Gasteiger partial charge in [0.1, 0.15) is 5.75 Å². The Morgan fingerprint density at radius 2 is 1.58 bits per heavy atom. The number of ether oxygens (including phenoxy) is 1. The molecule has 2 heterocycles. The number of hydrogen-bond acceptors (Lipinski definition) is 4. The zero-order valence-corrected chi connectivity index (χ0v) is 24.7. The van der Waals surface area contributed by atoms with Crippen molar-refractivity contribution in [1.82, 2.24) is 4.90 Å². The molecule has 4 unspecified atom stereocenters. The number of Topliss-reactive ketones (excluding diaryl/α,β-unsaturated/α-hetero) is 1. The molecule has 2 N–H and O–H groups in total. The molecule has 3 amide bonds. The van der Waals surface area contributed by atoms with Gasteiger partial charge in [-0.05, 0) is 49.2 Å². The van der Waals surface area contributed by atoms with Gasteiger partial charge in [-0.1, -0.05) is 91.3 Å². The van der Waals surface area contributed by atoms with Crippen LogP contribution in [-0.2, 0) is 10.3 Å². The highest BCUT2D eigenvalue weighted by atomic mass is 35.5. The zero-order valence-electron chi connectivity index (χ0n) is 23.9. The molecule has 2 aliphatic rings. The molecular weight excluding hydrogens is 562 g/mol. The van der Waals surface area contributed by atoms with Crippen molar-refractivity contribution in [2.45, 2.75) is 37.8 Å². The maximum atomic E-state index is 14.8. The van der Waals surface area contributed by atoms with Gasteiger partial charge in [-0.2, -0.15) is 0 Å². The molecule has 0 radical (unpaired) electrons. The maximum absolute atomic E-state index is 14.8. The molecule has 4 aromatic carbocycles. The summed E-state index contributed by atoms with van der Waals surface area (Å²) in [6.07, 6.45) is 0.490. The normalized spacial score (nSPS) is 22.3. The van der Waals surface area contributed by atoms with Gasteiger partial charge in [0, 0.05) is 33.8 Å². The number of ketones is 1. The molecule has 43 heavy (non-hydrogen) atoms. The van der Waals surface area contributed by atoms with E-state index in [1.54, 1.807) is 53.4 Å². The van der Waals surface area contributed by atoms with Crippen LogP contribution in [0, 0.1) is 5.92 Å². The highest BCUT2D eigenvalue weighted by Gasteiger charge is 2.69. The van der Waals surface area contributed by atoms with Crippen molar-refractivity contribution in [3.05, 3.63) is 125 Å². The molecule has 7 nitrogen and oxygen atoms in total. The number of urea groups is 1. The third-order valence-electron chi connectivity index (χ3n) is 8.53. The summed E-state index contributed by atoms with van der Waals surface area (Å²) >= 11 is 6.29. The van der Waals surface area contributed by atoms with E-state index in [0.717, 1.165) is 5.56 Å². The van der Waals surface area contributed by atoms with Crippen molar-refractivity contribution in [3.8, 4) is 5.75 Å². The van der Waals surface area contributed by atoms with Crippen molar-refractivity contribution in [3.63, 3.8) is 0 Å². The summed E-state index contributed by atoms with van der Waals surface area (Å²) in [5.74, 6) is -1.55. The Labute approximate surface area is 255 Å². The first kappa shape index (κ1) is 28.5. The minimum atomic E-state index is -1.63. The van der Waals surface area contributed by atoms with E-state index in [1.165, 1.54) is 0 Å². The smallest absolute Gasteiger partial charge is 0.323 e. The van der Waals surface area contributed by atoms with Crippen LogP contribution in [0.15, 0.2) is 103 Å². The molecule has 1 fully saturated rings. The number of rotatable bonds is 7. The Morgan fingerprint density at radius 3 is 2.30 bits per heavy atom. The molecule has 4 atom stereocenters. The lowest BCUT2D eigenvalue weighted by atomic mass is 9.69. The fourth-order valence-corrected chi connectivity index (χ4v) is 7.00. The lowest BCUT2D eigenvalue weighted by molar-refractivity contribution is -0.126. The van der Waals surface area contributed by atoms with Crippen LogP contribution in [0.2, 0.25) is 5.02 Å². The van der Waals surface area contributed by atoms with Gasteiger partial charge in [-0.3, -0.25) is 9.59 Å². The standard InChI is InChI=1S/C35H32ClN3O4/c1-3-28-30(22-18-20-24(36)21-19-22)31(32(40)23-12-6-5-7-13-23)35(25-14-8-9-15-26(25)37-33(35)41)39(28)34(42)38-27-16-10-11-17-29(27)43-4-2/h5-21,28,30-31H,3-4H2,1-2H3,(H,37,41)(H,38,42). The summed E-state index contributed by atoms with van der Waals surface area (Å²) in [7, 11) is 0. The molecule has 0 aliphatic carbocycles. The zero-order chi connectivity index (χ0) is 30.1. The van der Waals surface area contributed by atoms with E-state index in [1.807, 2.05) is 68.4 Å². The van der Waals surface area contributed by atoms with Crippen molar-refractivity contribution in [2.24, 2.45) is 5.92 Å². The molecule has 2 aliphatic heterocycles. The van der Waals surface area contributed by atoms with Gasteiger partial charge < -0.3 is 20.3 Å². The Morgan fingerprint density at radius 1 is 0.907 bits per heavy atom. The predicted molar refractivity (Wildman–Crippen MR) is 168 cm³/mol. The molecule has 1 saturated heterocycles. The SMILES string of the molecule is CCOc1ccccc1NC(=O)N1C(CC)C(c2ccc(Cl)cc2)C(C(=O)c2ccccc2)C12C(=O)Nc1ccccc12. The highest BCUT2D eigenvalue weighted by molar-refractivity contribution is 6.30. The van der Waals surface area contributed by atoms with E-state index in [9.17, 15) is 14.4 Å². The number of anilines is 2. The number of fused-ring (bicyclic) bond motifs is 2. The molecular formula is C35H32ClN3O4. The lowest BCUT2D eigenvalue weighted by Gasteiger charge is -2.39. The number of hydrogen-bond donors (Lipinski definition) is 2. The Kier molecular flexibility index (Phi) is 7.67. The van der Waals surface area contributed by atoms with Crippen LogP contribution in [0.25, 0.3) is 0 Å². The Bertz CT molecular complexity index is 1680. The maximum Gasteiger partial charge on any atom is 0.323 e. The van der Waals surface area contributed by atoms with Gasteiger partial charge in [0.2, 0.25) is 0 Å². The van der Waals surface area contributed by atoms with E-state index >= 15 is 0 Å².